The van der Waals surface area contributed by atoms with Crippen LogP contribution in [0, 0.1) is 19.8 Å². The molecule has 0 saturated heterocycles. The highest BCUT2D eigenvalue weighted by Gasteiger charge is 2.38. The number of alkyl halides is 3. The number of hydrogen-bond acceptors (Lipinski definition) is 5. The number of hydrogen-bond donors (Lipinski definition) is 2. The van der Waals surface area contributed by atoms with Crippen LogP contribution in [0.5, 0.6) is 0 Å². The fourth-order valence-corrected chi connectivity index (χ4v) is 3.56. The number of carboxylic acid groups (broad SMARTS) is 1. The van der Waals surface area contributed by atoms with E-state index in [2.05, 4.69) is 10.3 Å². The maximum absolute atomic E-state index is 14.0. The maximum atomic E-state index is 14.0. The van der Waals surface area contributed by atoms with Crippen LogP contribution in [0.25, 0.3) is 22.3 Å². The maximum Gasteiger partial charge on any atom is 0.490 e. The van der Waals surface area contributed by atoms with Crippen molar-refractivity contribution >= 4 is 22.6 Å². The number of benzene rings is 2. The molecule has 4 rings (SSSR count). The van der Waals surface area contributed by atoms with Crippen LogP contribution in [0.1, 0.15) is 29.7 Å². The molecule has 0 aliphatic carbocycles. The van der Waals surface area contributed by atoms with E-state index in [1.165, 1.54) is 6.20 Å². The molecule has 6 nitrogen and oxygen atoms in total. The van der Waals surface area contributed by atoms with Crippen LogP contribution in [0.3, 0.4) is 0 Å². The van der Waals surface area contributed by atoms with Crippen LogP contribution in [0.2, 0.25) is 0 Å². The zero-order valence-electron chi connectivity index (χ0n) is 19.5. The zero-order chi connectivity index (χ0) is 26.6. The van der Waals surface area contributed by atoms with E-state index < -0.39 is 18.1 Å². The molecule has 0 bridgehead atoms. The van der Waals surface area contributed by atoms with Gasteiger partial charge in [-0.25, -0.2) is 9.78 Å². The molecule has 2 aromatic heterocycles. The second kappa shape index (κ2) is 10.6. The number of fused-ring (bicyclic) bond motifs is 1. The predicted octanol–water partition coefficient (Wildman–Crippen LogP) is 6.42. The lowest BCUT2D eigenvalue weighted by Gasteiger charge is -2.19. The molecule has 0 aliphatic heterocycles. The van der Waals surface area contributed by atoms with Gasteiger partial charge in [0.25, 0.3) is 0 Å². The van der Waals surface area contributed by atoms with Crippen LogP contribution in [-0.2, 0) is 4.79 Å². The van der Waals surface area contributed by atoms with E-state index >= 15 is 0 Å². The Hall–Kier alpha value is -4.21. The molecule has 2 N–H and O–H groups in total. The zero-order valence-corrected chi connectivity index (χ0v) is 19.5. The number of aryl methyl sites for hydroxylation is 1. The minimum Gasteiger partial charge on any atom is -0.475 e. The molecule has 0 amide bonds. The van der Waals surface area contributed by atoms with E-state index in [4.69, 9.17) is 14.3 Å². The largest absolute Gasteiger partial charge is 0.490 e. The first-order valence-electron chi connectivity index (χ1n) is 10.7. The summed E-state index contributed by atoms with van der Waals surface area (Å²) in [7, 11) is 0. The van der Waals surface area contributed by atoms with Crippen LogP contribution in [0.4, 0.5) is 23.2 Å². The molecule has 0 aliphatic rings. The summed E-state index contributed by atoms with van der Waals surface area (Å²) in [5.74, 6) is -2.78. The van der Waals surface area contributed by atoms with Crippen molar-refractivity contribution in [1.29, 1.82) is 0 Å². The van der Waals surface area contributed by atoms with E-state index in [1.807, 2.05) is 56.3 Å². The average molecular weight is 502 g/mol. The Labute approximate surface area is 203 Å². The van der Waals surface area contributed by atoms with Gasteiger partial charge in [-0.1, -0.05) is 36.4 Å². The van der Waals surface area contributed by atoms with Gasteiger partial charge in [-0.2, -0.15) is 17.6 Å². The quantitative estimate of drug-likeness (QED) is 0.247. The Bertz CT molecular complexity index is 1450. The van der Waals surface area contributed by atoms with Gasteiger partial charge in [-0.15, -0.1) is 0 Å². The summed E-state index contributed by atoms with van der Waals surface area (Å²) in [6.07, 6.45) is -3.68. The Balaban J connectivity index is 0.000000454. The molecule has 188 valence electrons. The van der Waals surface area contributed by atoms with Gasteiger partial charge in [0, 0.05) is 22.9 Å². The molecule has 0 saturated carbocycles. The van der Waals surface area contributed by atoms with Crippen molar-refractivity contribution in [2.75, 3.05) is 5.32 Å². The van der Waals surface area contributed by atoms with E-state index in [-0.39, 0.29) is 11.5 Å². The number of nitrogens with one attached hydrogen (secondary N) is 1. The number of pyridine rings is 1. The average Bonchev–Trinajstić information content (AvgIpc) is 2.83. The van der Waals surface area contributed by atoms with E-state index in [1.54, 1.807) is 19.1 Å². The first-order chi connectivity index (χ1) is 16.9. The molecule has 2 heterocycles. The fraction of sp³-hybridized carbons (Fsp3) is 0.192. The van der Waals surface area contributed by atoms with Gasteiger partial charge in [0.2, 0.25) is 5.95 Å². The van der Waals surface area contributed by atoms with Crippen LogP contribution < -0.4 is 10.7 Å². The highest BCUT2D eigenvalue weighted by Crippen LogP contribution is 2.32. The number of halogens is 4. The molecular formula is C26H22F4N2O4. The Morgan fingerprint density at radius 1 is 1.08 bits per heavy atom. The second-order valence-corrected chi connectivity index (χ2v) is 7.99. The van der Waals surface area contributed by atoms with Crippen molar-refractivity contribution in [2.24, 2.45) is 0 Å². The van der Waals surface area contributed by atoms with Crippen LogP contribution in [-0.4, -0.2) is 22.2 Å². The summed E-state index contributed by atoms with van der Waals surface area (Å²) in [6, 6.07) is 16.4. The predicted molar refractivity (Wildman–Crippen MR) is 127 cm³/mol. The monoisotopic (exact) mass is 502 g/mol. The topological polar surface area (TPSA) is 92.4 Å². The summed E-state index contributed by atoms with van der Waals surface area (Å²) in [6.45, 7) is 5.62. The van der Waals surface area contributed by atoms with E-state index in [0.717, 1.165) is 16.7 Å². The van der Waals surface area contributed by atoms with Gasteiger partial charge in [0.1, 0.15) is 11.3 Å². The third-order valence-electron chi connectivity index (χ3n) is 5.27. The summed E-state index contributed by atoms with van der Waals surface area (Å²) >= 11 is 0. The number of nitrogens with zero attached hydrogens (tertiary/aromatic N) is 1. The molecule has 10 heteroatoms. The van der Waals surface area contributed by atoms with Crippen LogP contribution >= 0.6 is 0 Å². The van der Waals surface area contributed by atoms with Crippen molar-refractivity contribution in [3.63, 3.8) is 0 Å². The number of aromatic nitrogens is 1. The molecule has 0 spiro atoms. The number of anilines is 1. The van der Waals surface area contributed by atoms with Gasteiger partial charge in [0.05, 0.1) is 17.1 Å². The van der Waals surface area contributed by atoms with Gasteiger partial charge >= 0.3 is 12.1 Å². The molecule has 4 aromatic rings. The third-order valence-corrected chi connectivity index (χ3v) is 5.27. The molecule has 1 atom stereocenters. The highest BCUT2D eigenvalue weighted by atomic mass is 19.4. The highest BCUT2D eigenvalue weighted by molar-refractivity contribution is 5.84. The number of aliphatic carboxylic acids is 1. The standard InChI is InChI=1S/C24H21FN2O2.C2HF3O2/c1-14-12-18(16(3)27-20-10-7-11-26-24(20)25)23-19(13-14)21(28)15(2)22(29-23)17-8-5-4-6-9-17;3-2(4,5)1(6)7/h4-13,16,27H,1-3H3;(H,6,7). The van der Waals surface area contributed by atoms with Gasteiger partial charge in [-0.3, -0.25) is 4.79 Å². The summed E-state index contributed by atoms with van der Waals surface area (Å²) < 4.78 is 52.0. The van der Waals surface area contributed by atoms with Gasteiger partial charge in [0.15, 0.2) is 5.43 Å². The molecule has 0 radical (unpaired) electrons. The lowest BCUT2D eigenvalue weighted by Crippen LogP contribution is -2.21. The first-order valence-corrected chi connectivity index (χ1v) is 10.7. The number of carbonyl (C=O) groups is 1. The summed E-state index contributed by atoms with van der Waals surface area (Å²) in [4.78, 5) is 25.7. The van der Waals surface area contributed by atoms with E-state index in [0.29, 0.717) is 28.0 Å². The number of rotatable bonds is 4. The van der Waals surface area contributed by atoms with Crippen molar-refractivity contribution in [3.8, 4) is 11.3 Å². The van der Waals surface area contributed by atoms with Crippen molar-refractivity contribution in [2.45, 2.75) is 33.0 Å². The third kappa shape index (κ3) is 5.88. The Morgan fingerprint density at radius 3 is 2.31 bits per heavy atom. The molecule has 1 unspecified atom stereocenters. The summed E-state index contributed by atoms with van der Waals surface area (Å²) in [5.41, 5.74) is 3.88. The Morgan fingerprint density at radius 2 is 1.72 bits per heavy atom. The molecule has 2 aromatic carbocycles. The normalized spacial score (nSPS) is 12.0. The van der Waals surface area contributed by atoms with Crippen molar-refractivity contribution in [1.82, 2.24) is 4.98 Å². The van der Waals surface area contributed by atoms with Gasteiger partial charge < -0.3 is 14.8 Å². The SMILES string of the molecule is Cc1cc(C(C)Nc2cccnc2F)c2oc(-c3ccccc3)c(C)c(=O)c2c1.O=C(O)C(F)(F)F. The lowest BCUT2D eigenvalue weighted by molar-refractivity contribution is -0.192. The minimum absolute atomic E-state index is 0.0604. The minimum atomic E-state index is -5.08. The lowest BCUT2D eigenvalue weighted by atomic mass is 9.99. The molecular weight excluding hydrogens is 480 g/mol. The van der Waals surface area contributed by atoms with Gasteiger partial charge in [-0.05, 0) is 44.5 Å². The fourth-order valence-electron chi connectivity index (χ4n) is 3.56. The number of carboxylic acids is 1. The summed E-state index contributed by atoms with van der Waals surface area (Å²) in [5, 5.41) is 10.8. The van der Waals surface area contributed by atoms with E-state index in [9.17, 15) is 22.4 Å². The van der Waals surface area contributed by atoms with Crippen molar-refractivity contribution in [3.05, 3.63) is 93.7 Å². The second-order valence-electron chi connectivity index (χ2n) is 7.99. The van der Waals surface area contributed by atoms with Crippen molar-refractivity contribution < 1.29 is 31.9 Å². The first kappa shape index (κ1) is 26.4. The smallest absolute Gasteiger partial charge is 0.475 e. The molecule has 36 heavy (non-hydrogen) atoms. The van der Waals surface area contributed by atoms with Crippen LogP contribution in [0.15, 0.2) is 70.0 Å². The molecule has 0 fully saturated rings. The Kier molecular flexibility index (Phi) is 7.77.